The van der Waals surface area contributed by atoms with E-state index in [0.717, 1.165) is 28.0 Å². The van der Waals surface area contributed by atoms with Crippen molar-refractivity contribution in [1.29, 1.82) is 0 Å². The fraction of sp³-hybridized carbons (Fsp3) is 0.333. The third kappa shape index (κ3) is 4.10. The lowest BCUT2D eigenvalue weighted by Crippen LogP contribution is -2.10. The predicted octanol–water partition coefficient (Wildman–Crippen LogP) is 5.08. The van der Waals surface area contributed by atoms with E-state index in [-0.39, 0.29) is 5.41 Å². The average Bonchev–Trinajstić information content (AvgIpc) is 3.00. The summed E-state index contributed by atoms with van der Waals surface area (Å²) in [5.74, 6) is 2.59. The van der Waals surface area contributed by atoms with Crippen LogP contribution < -0.4 is 4.74 Å². The Kier molecular flexibility index (Phi) is 5.37. The summed E-state index contributed by atoms with van der Waals surface area (Å²) >= 11 is 1.68. The minimum atomic E-state index is 0.149. The third-order valence-electron chi connectivity index (χ3n) is 4.35. The van der Waals surface area contributed by atoms with Crippen molar-refractivity contribution in [3.05, 3.63) is 59.7 Å². The molecule has 0 atom stereocenters. The lowest BCUT2D eigenvalue weighted by atomic mass is 9.87. The second-order valence-corrected chi connectivity index (χ2v) is 8.28. The van der Waals surface area contributed by atoms with Crippen LogP contribution in [0, 0.1) is 0 Å². The number of hydrogen-bond acceptors (Lipinski definition) is 4. The van der Waals surface area contributed by atoms with Gasteiger partial charge >= 0.3 is 0 Å². The smallest absolute Gasteiger partial charge is 0.191 e. The van der Waals surface area contributed by atoms with Gasteiger partial charge < -0.3 is 9.30 Å². The first kappa shape index (κ1) is 18.5. The first-order valence-electron chi connectivity index (χ1n) is 8.64. The molecule has 0 aliphatic carbocycles. The maximum absolute atomic E-state index is 5.28. The first-order valence-corrected chi connectivity index (χ1v) is 9.63. The average molecular weight is 368 g/mol. The fourth-order valence-electron chi connectivity index (χ4n) is 2.72. The second kappa shape index (κ2) is 7.54. The third-order valence-corrected chi connectivity index (χ3v) is 5.44. The van der Waals surface area contributed by atoms with Gasteiger partial charge in [-0.05, 0) is 28.7 Å². The number of ether oxygens (including phenoxy) is 1. The van der Waals surface area contributed by atoms with E-state index >= 15 is 0 Å². The van der Waals surface area contributed by atoms with Gasteiger partial charge in [-0.2, -0.15) is 0 Å². The molecule has 0 bridgehead atoms. The van der Waals surface area contributed by atoms with Crippen LogP contribution in [0.25, 0.3) is 11.4 Å². The van der Waals surface area contributed by atoms with Gasteiger partial charge in [-0.1, -0.05) is 68.9 Å². The molecular weight excluding hydrogens is 342 g/mol. The van der Waals surface area contributed by atoms with Crippen LogP contribution in [0.3, 0.4) is 0 Å². The normalized spacial score (nSPS) is 11.6. The summed E-state index contributed by atoms with van der Waals surface area (Å²) < 4.78 is 7.34. The van der Waals surface area contributed by atoms with Gasteiger partial charge in [0.2, 0.25) is 0 Å². The van der Waals surface area contributed by atoms with Gasteiger partial charge in [0.05, 0.1) is 7.11 Å². The highest BCUT2D eigenvalue weighted by atomic mass is 32.2. The summed E-state index contributed by atoms with van der Waals surface area (Å²) in [7, 11) is 3.70. The van der Waals surface area contributed by atoms with Gasteiger partial charge in [-0.15, -0.1) is 10.2 Å². The number of rotatable bonds is 5. The van der Waals surface area contributed by atoms with Crippen molar-refractivity contribution in [1.82, 2.24) is 14.8 Å². The predicted molar refractivity (Wildman–Crippen MR) is 108 cm³/mol. The van der Waals surface area contributed by atoms with Crippen LogP contribution in [0.5, 0.6) is 5.75 Å². The summed E-state index contributed by atoms with van der Waals surface area (Å²) in [5, 5.41) is 9.66. The zero-order chi connectivity index (χ0) is 18.7. The monoisotopic (exact) mass is 367 g/mol. The van der Waals surface area contributed by atoms with Crippen molar-refractivity contribution in [3.63, 3.8) is 0 Å². The molecule has 1 aromatic heterocycles. The number of aromatic nitrogens is 3. The molecule has 0 fully saturated rings. The Labute approximate surface area is 159 Å². The minimum Gasteiger partial charge on any atom is -0.497 e. The van der Waals surface area contributed by atoms with Crippen molar-refractivity contribution in [3.8, 4) is 17.1 Å². The van der Waals surface area contributed by atoms with Gasteiger partial charge in [0, 0.05) is 18.4 Å². The molecule has 0 aliphatic heterocycles. The maximum Gasteiger partial charge on any atom is 0.191 e. The molecule has 3 aromatic rings. The van der Waals surface area contributed by atoms with E-state index < -0.39 is 0 Å². The lowest BCUT2D eigenvalue weighted by Gasteiger charge is -2.19. The molecule has 0 N–H and O–H groups in total. The van der Waals surface area contributed by atoms with Crippen LogP contribution >= 0.6 is 11.8 Å². The molecule has 2 aromatic carbocycles. The van der Waals surface area contributed by atoms with E-state index in [1.807, 2.05) is 19.2 Å². The van der Waals surface area contributed by atoms with Gasteiger partial charge in [-0.25, -0.2) is 0 Å². The molecule has 3 rings (SSSR count). The van der Waals surface area contributed by atoms with E-state index in [2.05, 4.69) is 71.9 Å². The molecule has 0 radical (unpaired) electrons. The molecule has 136 valence electrons. The number of methoxy groups -OCH3 is 1. The van der Waals surface area contributed by atoms with Crippen molar-refractivity contribution in [2.75, 3.05) is 7.11 Å². The molecule has 0 spiro atoms. The SMILES string of the molecule is COc1cccc(CSc2nnc(-c3ccc(C(C)(C)C)cc3)n2C)c1. The van der Waals surface area contributed by atoms with Crippen LogP contribution in [-0.4, -0.2) is 21.9 Å². The lowest BCUT2D eigenvalue weighted by molar-refractivity contribution is 0.414. The molecule has 0 unspecified atom stereocenters. The van der Waals surface area contributed by atoms with E-state index in [1.54, 1.807) is 18.9 Å². The van der Waals surface area contributed by atoms with Crippen molar-refractivity contribution >= 4 is 11.8 Å². The van der Waals surface area contributed by atoms with E-state index in [1.165, 1.54) is 11.1 Å². The molecule has 0 aliphatic rings. The molecule has 1 heterocycles. The second-order valence-electron chi connectivity index (χ2n) is 7.33. The summed E-state index contributed by atoms with van der Waals surface area (Å²) in [6.45, 7) is 6.66. The van der Waals surface area contributed by atoms with Crippen molar-refractivity contribution in [2.24, 2.45) is 7.05 Å². The summed E-state index contributed by atoms with van der Waals surface area (Å²) in [4.78, 5) is 0. The van der Waals surface area contributed by atoms with Crippen LogP contribution in [0.1, 0.15) is 31.9 Å². The zero-order valence-electron chi connectivity index (χ0n) is 16.0. The molecular formula is C21H25N3OS. The van der Waals surface area contributed by atoms with Crippen LogP contribution in [-0.2, 0) is 18.2 Å². The maximum atomic E-state index is 5.28. The molecule has 4 nitrogen and oxygen atoms in total. The quantitative estimate of drug-likeness (QED) is 0.590. The zero-order valence-corrected chi connectivity index (χ0v) is 16.8. The van der Waals surface area contributed by atoms with E-state index in [0.29, 0.717) is 0 Å². The molecule has 0 saturated heterocycles. The van der Waals surface area contributed by atoms with Crippen LogP contribution in [0.4, 0.5) is 0 Å². The highest BCUT2D eigenvalue weighted by Crippen LogP contribution is 2.28. The largest absolute Gasteiger partial charge is 0.497 e. The summed E-state index contributed by atoms with van der Waals surface area (Å²) in [6.07, 6.45) is 0. The van der Waals surface area contributed by atoms with Crippen LogP contribution in [0.2, 0.25) is 0 Å². The molecule has 0 saturated carbocycles. The van der Waals surface area contributed by atoms with Crippen LogP contribution in [0.15, 0.2) is 53.7 Å². The number of hydrogen-bond donors (Lipinski definition) is 0. The fourth-order valence-corrected chi connectivity index (χ4v) is 3.58. The Morgan fingerprint density at radius 3 is 2.42 bits per heavy atom. The topological polar surface area (TPSA) is 39.9 Å². The Morgan fingerprint density at radius 2 is 1.77 bits per heavy atom. The summed E-state index contributed by atoms with van der Waals surface area (Å²) in [6, 6.07) is 16.7. The Bertz CT molecular complexity index is 879. The summed E-state index contributed by atoms with van der Waals surface area (Å²) in [5.41, 5.74) is 3.75. The highest BCUT2D eigenvalue weighted by Gasteiger charge is 2.15. The van der Waals surface area contributed by atoms with E-state index in [4.69, 9.17) is 4.74 Å². The van der Waals surface area contributed by atoms with E-state index in [9.17, 15) is 0 Å². The molecule has 5 heteroatoms. The first-order chi connectivity index (χ1) is 12.4. The molecule has 0 amide bonds. The Hall–Kier alpha value is -2.27. The number of benzene rings is 2. The van der Waals surface area contributed by atoms with Gasteiger partial charge in [0.25, 0.3) is 0 Å². The van der Waals surface area contributed by atoms with Crippen molar-refractivity contribution in [2.45, 2.75) is 37.1 Å². The highest BCUT2D eigenvalue weighted by molar-refractivity contribution is 7.98. The van der Waals surface area contributed by atoms with Crippen molar-refractivity contribution < 1.29 is 4.74 Å². The van der Waals surface area contributed by atoms with Gasteiger partial charge in [-0.3, -0.25) is 0 Å². The Morgan fingerprint density at radius 1 is 1.04 bits per heavy atom. The van der Waals surface area contributed by atoms with Gasteiger partial charge in [0.1, 0.15) is 5.75 Å². The van der Waals surface area contributed by atoms with Gasteiger partial charge in [0.15, 0.2) is 11.0 Å². The Balaban J connectivity index is 1.75. The number of thioether (sulfide) groups is 1. The minimum absolute atomic E-state index is 0.149. The molecule has 26 heavy (non-hydrogen) atoms. The standard InChI is InChI=1S/C21H25N3OS/c1-21(2,3)17-11-9-16(10-12-17)19-22-23-20(24(19)4)26-14-15-7-6-8-18(13-15)25-5/h6-13H,14H2,1-5H3. The number of nitrogens with zero attached hydrogens (tertiary/aromatic N) is 3.